The molecule has 0 aromatic heterocycles. The number of phenols is 1. The largest absolute Gasteiger partial charge is 0.507 e. The van der Waals surface area contributed by atoms with Crippen molar-refractivity contribution in [1.29, 1.82) is 0 Å². The topological polar surface area (TPSA) is 78.1 Å². The van der Waals surface area contributed by atoms with Gasteiger partial charge in [0.05, 0.1) is 23.7 Å². The first-order valence-corrected chi connectivity index (χ1v) is 7.99. The Labute approximate surface area is 150 Å². The molecule has 2 aromatic rings. The number of nitrogens with zero attached hydrogens (tertiary/aromatic N) is 2. The minimum absolute atomic E-state index is 0.00241. The summed E-state index contributed by atoms with van der Waals surface area (Å²) in [6.07, 6.45) is 0. The summed E-state index contributed by atoms with van der Waals surface area (Å²) in [5.41, 5.74) is 1.87. The van der Waals surface area contributed by atoms with Crippen LogP contribution in [0.4, 0.5) is 5.69 Å². The summed E-state index contributed by atoms with van der Waals surface area (Å²) in [4.78, 5) is 20.3. The minimum Gasteiger partial charge on any atom is -0.507 e. The normalized spacial score (nSPS) is 12.9. The summed E-state index contributed by atoms with van der Waals surface area (Å²) in [7, 11) is 0. The first-order valence-electron chi connectivity index (χ1n) is 7.61. The molecule has 2 aromatic carbocycles. The van der Waals surface area contributed by atoms with Crippen LogP contribution < -0.4 is 10.6 Å². The molecule has 1 heterocycles. The molecule has 0 saturated heterocycles. The fraction of sp³-hybridized carbons (Fsp3) is 0.167. The molecule has 1 aliphatic rings. The van der Waals surface area contributed by atoms with Crippen molar-refractivity contribution in [1.82, 2.24) is 10.6 Å². The standard InChI is InChI=1S/C18H15ClN4O2/c1-10-4-3-5-11(16(10)19)14-12(20-2)6-7-13(24)15(14)17(25)23-18-21-8-9-22-18/h3-7,24H,8-9H2,1H3,(H2,21,22,23,25). The van der Waals surface area contributed by atoms with Gasteiger partial charge < -0.3 is 10.4 Å². The Morgan fingerprint density at radius 1 is 1.40 bits per heavy atom. The van der Waals surface area contributed by atoms with E-state index in [-0.39, 0.29) is 17.0 Å². The number of amides is 1. The number of carbonyl (C=O) groups is 1. The third-order valence-electron chi connectivity index (χ3n) is 3.88. The molecular formula is C18H15ClN4O2. The van der Waals surface area contributed by atoms with Crippen LogP contribution in [-0.2, 0) is 0 Å². The predicted molar refractivity (Wildman–Crippen MR) is 97.3 cm³/mol. The maximum atomic E-state index is 12.7. The molecule has 6 nitrogen and oxygen atoms in total. The Morgan fingerprint density at radius 3 is 2.88 bits per heavy atom. The predicted octanol–water partition coefficient (Wildman–Crippen LogP) is 3.26. The van der Waals surface area contributed by atoms with Gasteiger partial charge in [-0.3, -0.25) is 15.1 Å². The van der Waals surface area contributed by atoms with Gasteiger partial charge in [0.1, 0.15) is 5.75 Å². The number of carbonyl (C=O) groups excluding carboxylic acids is 1. The SMILES string of the molecule is [C-]#[N+]c1ccc(O)c(C(=O)NC2=NCCN2)c1-c1cccc(C)c1Cl. The number of aliphatic imine (C=N–C) groups is 1. The van der Waals surface area contributed by atoms with E-state index in [1.54, 1.807) is 12.1 Å². The number of hydrogen-bond acceptors (Lipinski definition) is 4. The molecule has 3 rings (SSSR count). The molecule has 0 aliphatic carbocycles. The van der Waals surface area contributed by atoms with Crippen LogP contribution in [0.25, 0.3) is 16.0 Å². The average Bonchev–Trinajstić information content (AvgIpc) is 3.10. The number of aromatic hydroxyl groups is 1. The van der Waals surface area contributed by atoms with E-state index in [1.165, 1.54) is 12.1 Å². The number of hydrogen-bond donors (Lipinski definition) is 3. The van der Waals surface area contributed by atoms with Gasteiger partial charge in [-0.2, -0.15) is 0 Å². The summed E-state index contributed by atoms with van der Waals surface area (Å²) < 4.78 is 0. The molecule has 1 aliphatic heterocycles. The summed E-state index contributed by atoms with van der Waals surface area (Å²) in [6.45, 7) is 10.5. The van der Waals surface area contributed by atoms with Gasteiger partial charge in [-0.05, 0) is 24.1 Å². The molecule has 0 radical (unpaired) electrons. The Morgan fingerprint density at radius 2 is 2.20 bits per heavy atom. The lowest BCUT2D eigenvalue weighted by molar-refractivity contribution is 0.0974. The number of guanidine groups is 1. The van der Waals surface area contributed by atoms with Gasteiger partial charge in [0.15, 0.2) is 11.6 Å². The molecule has 0 fully saturated rings. The Balaban J connectivity index is 2.19. The highest BCUT2D eigenvalue weighted by atomic mass is 35.5. The highest BCUT2D eigenvalue weighted by molar-refractivity contribution is 6.34. The lowest BCUT2D eigenvalue weighted by Crippen LogP contribution is -2.38. The molecule has 0 spiro atoms. The second-order valence-electron chi connectivity index (χ2n) is 5.51. The Hall–Kier alpha value is -3.04. The van der Waals surface area contributed by atoms with Crippen molar-refractivity contribution in [2.45, 2.75) is 6.92 Å². The van der Waals surface area contributed by atoms with Crippen LogP contribution in [0.15, 0.2) is 35.3 Å². The van der Waals surface area contributed by atoms with Crippen molar-refractivity contribution >= 4 is 29.2 Å². The van der Waals surface area contributed by atoms with Crippen molar-refractivity contribution in [2.24, 2.45) is 4.99 Å². The van der Waals surface area contributed by atoms with Crippen molar-refractivity contribution in [2.75, 3.05) is 13.1 Å². The van der Waals surface area contributed by atoms with E-state index < -0.39 is 5.91 Å². The number of benzene rings is 2. The first-order chi connectivity index (χ1) is 12.0. The number of nitrogens with one attached hydrogen (secondary N) is 2. The molecular weight excluding hydrogens is 340 g/mol. The average molecular weight is 355 g/mol. The van der Waals surface area contributed by atoms with Crippen LogP contribution in [-0.4, -0.2) is 30.1 Å². The molecule has 7 heteroatoms. The van der Waals surface area contributed by atoms with Gasteiger partial charge in [0.25, 0.3) is 5.91 Å². The Kier molecular flexibility index (Phi) is 4.59. The van der Waals surface area contributed by atoms with Crippen LogP contribution >= 0.6 is 11.6 Å². The van der Waals surface area contributed by atoms with Crippen LogP contribution in [0.1, 0.15) is 15.9 Å². The van der Waals surface area contributed by atoms with Gasteiger partial charge in [-0.25, -0.2) is 4.85 Å². The molecule has 0 atom stereocenters. The second-order valence-corrected chi connectivity index (χ2v) is 5.89. The van der Waals surface area contributed by atoms with Gasteiger partial charge in [-0.15, -0.1) is 0 Å². The van der Waals surface area contributed by atoms with Crippen molar-refractivity contribution in [3.63, 3.8) is 0 Å². The van der Waals surface area contributed by atoms with Crippen molar-refractivity contribution in [3.05, 3.63) is 57.9 Å². The van der Waals surface area contributed by atoms with Gasteiger partial charge in [-0.1, -0.05) is 35.9 Å². The fourth-order valence-corrected chi connectivity index (χ4v) is 2.89. The third kappa shape index (κ3) is 3.14. The highest BCUT2D eigenvalue weighted by Gasteiger charge is 2.24. The molecule has 0 unspecified atom stereocenters. The van der Waals surface area contributed by atoms with E-state index >= 15 is 0 Å². The minimum atomic E-state index is -0.552. The molecule has 126 valence electrons. The highest BCUT2D eigenvalue weighted by Crippen LogP contribution is 2.42. The van der Waals surface area contributed by atoms with Gasteiger partial charge in [0, 0.05) is 12.1 Å². The molecule has 25 heavy (non-hydrogen) atoms. The van der Waals surface area contributed by atoms with E-state index in [1.807, 2.05) is 13.0 Å². The summed E-state index contributed by atoms with van der Waals surface area (Å²) in [6, 6.07) is 8.15. The van der Waals surface area contributed by atoms with Gasteiger partial charge >= 0.3 is 0 Å². The number of phenolic OH excluding ortho intramolecular Hbond substituents is 1. The van der Waals surface area contributed by atoms with E-state index in [2.05, 4.69) is 20.5 Å². The zero-order valence-corrected chi connectivity index (χ0v) is 14.2. The zero-order chi connectivity index (χ0) is 18.0. The number of halogens is 1. The zero-order valence-electron chi connectivity index (χ0n) is 13.4. The van der Waals surface area contributed by atoms with E-state index in [9.17, 15) is 9.90 Å². The van der Waals surface area contributed by atoms with Crippen LogP contribution in [0, 0.1) is 13.5 Å². The van der Waals surface area contributed by atoms with E-state index in [0.717, 1.165) is 5.56 Å². The van der Waals surface area contributed by atoms with Crippen LogP contribution in [0.5, 0.6) is 5.75 Å². The van der Waals surface area contributed by atoms with E-state index in [0.29, 0.717) is 35.2 Å². The summed E-state index contributed by atoms with van der Waals surface area (Å²) in [5, 5.41) is 16.3. The third-order valence-corrected chi connectivity index (χ3v) is 4.38. The van der Waals surface area contributed by atoms with Crippen LogP contribution in [0.2, 0.25) is 5.02 Å². The maximum Gasteiger partial charge on any atom is 0.261 e. The lowest BCUT2D eigenvalue weighted by atomic mass is 9.95. The smallest absolute Gasteiger partial charge is 0.261 e. The Bertz CT molecular complexity index is 931. The second kappa shape index (κ2) is 6.83. The summed E-state index contributed by atoms with van der Waals surface area (Å²) in [5.74, 6) is -0.432. The van der Waals surface area contributed by atoms with Crippen molar-refractivity contribution < 1.29 is 9.90 Å². The quantitative estimate of drug-likeness (QED) is 0.724. The number of aryl methyl sites for hydroxylation is 1. The number of rotatable bonds is 2. The molecule has 3 N–H and O–H groups in total. The fourth-order valence-electron chi connectivity index (χ4n) is 2.67. The first kappa shape index (κ1) is 16.8. The molecule has 1 amide bonds. The lowest BCUT2D eigenvalue weighted by Gasteiger charge is -2.16. The van der Waals surface area contributed by atoms with Crippen molar-refractivity contribution in [3.8, 4) is 16.9 Å². The van der Waals surface area contributed by atoms with E-state index in [4.69, 9.17) is 18.2 Å². The summed E-state index contributed by atoms with van der Waals surface area (Å²) >= 11 is 6.40. The monoisotopic (exact) mass is 354 g/mol. The molecule has 0 bridgehead atoms. The maximum absolute atomic E-state index is 12.7. The molecule has 0 saturated carbocycles. The van der Waals surface area contributed by atoms with Gasteiger partial charge in [0.2, 0.25) is 0 Å². The van der Waals surface area contributed by atoms with Crippen LogP contribution in [0.3, 0.4) is 0 Å².